The fraction of sp³-hybridized carbons (Fsp3) is 0.516. The zero-order valence-corrected chi connectivity index (χ0v) is 23.8. The lowest BCUT2D eigenvalue weighted by Gasteiger charge is -2.46. The van der Waals surface area contributed by atoms with Crippen molar-refractivity contribution in [2.24, 2.45) is 24.6 Å². The number of nitrogens with zero attached hydrogens (tertiary/aromatic N) is 5. The number of hydrogen-bond acceptors (Lipinski definition) is 5. The van der Waals surface area contributed by atoms with Crippen LogP contribution in [0.5, 0.6) is 0 Å². The molecule has 2 aromatic carbocycles. The van der Waals surface area contributed by atoms with Crippen LogP contribution in [0.4, 0.5) is 18.9 Å². The lowest BCUT2D eigenvalue weighted by atomic mass is 9.58. The van der Waals surface area contributed by atoms with Gasteiger partial charge in [0.1, 0.15) is 12.2 Å². The zero-order chi connectivity index (χ0) is 29.1. The molecule has 2 aliphatic heterocycles. The molecule has 2 fully saturated rings. The van der Waals surface area contributed by atoms with E-state index in [0.29, 0.717) is 36.2 Å². The van der Waals surface area contributed by atoms with Crippen LogP contribution < -0.4 is 10.6 Å². The highest BCUT2D eigenvalue weighted by Gasteiger charge is 2.48. The Bertz CT molecular complexity index is 1460. The van der Waals surface area contributed by atoms with Gasteiger partial charge in [-0.25, -0.2) is 0 Å². The van der Waals surface area contributed by atoms with E-state index in [1.54, 1.807) is 18.5 Å². The summed E-state index contributed by atoms with van der Waals surface area (Å²) in [5.74, 6) is 1.38. The van der Waals surface area contributed by atoms with E-state index >= 15 is 0 Å². The molecule has 1 amide bonds. The van der Waals surface area contributed by atoms with Crippen molar-refractivity contribution in [1.29, 1.82) is 0 Å². The molecule has 1 aliphatic carbocycles. The summed E-state index contributed by atoms with van der Waals surface area (Å²) in [6, 6.07) is 10.5. The fourth-order valence-electron chi connectivity index (χ4n) is 7.42. The molecule has 0 bridgehead atoms. The van der Waals surface area contributed by atoms with Gasteiger partial charge in [0, 0.05) is 44.0 Å². The van der Waals surface area contributed by atoms with E-state index in [-0.39, 0.29) is 29.1 Å². The third-order valence-corrected chi connectivity index (χ3v) is 9.28. The van der Waals surface area contributed by atoms with Gasteiger partial charge in [0.25, 0.3) is 5.91 Å². The third-order valence-electron chi connectivity index (χ3n) is 9.28. The van der Waals surface area contributed by atoms with Crippen molar-refractivity contribution in [1.82, 2.24) is 19.7 Å². The van der Waals surface area contributed by atoms with Gasteiger partial charge in [-0.2, -0.15) is 13.2 Å². The number of likely N-dealkylation sites (tertiary alicyclic amines) is 1. The number of aryl methyl sites for hydroxylation is 1. The second-order valence-corrected chi connectivity index (χ2v) is 12.4. The maximum atomic E-state index is 14.4. The largest absolute Gasteiger partial charge is 0.416 e. The zero-order valence-electron chi connectivity index (χ0n) is 23.8. The van der Waals surface area contributed by atoms with Crippen LogP contribution in [0.15, 0.2) is 42.7 Å². The second kappa shape index (κ2) is 10.2. The van der Waals surface area contributed by atoms with Gasteiger partial charge in [-0.15, -0.1) is 10.2 Å². The summed E-state index contributed by atoms with van der Waals surface area (Å²) >= 11 is 0. The minimum atomic E-state index is -4.57. The number of nitrogens with two attached hydrogens (primary N) is 1. The van der Waals surface area contributed by atoms with E-state index in [1.807, 2.05) is 29.8 Å². The first kappa shape index (κ1) is 27.9. The maximum Gasteiger partial charge on any atom is 0.416 e. The quantitative estimate of drug-likeness (QED) is 0.440. The van der Waals surface area contributed by atoms with Gasteiger partial charge in [0.15, 0.2) is 0 Å². The highest BCUT2D eigenvalue weighted by molar-refractivity contribution is 6.10. The van der Waals surface area contributed by atoms with Crippen LogP contribution in [0.25, 0.3) is 0 Å². The van der Waals surface area contributed by atoms with Gasteiger partial charge in [-0.05, 0) is 72.1 Å². The smallest absolute Gasteiger partial charge is 0.327 e. The van der Waals surface area contributed by atoms with Gasteiger partial charge in [0.2, 0.25) is 0 Å². The molecule has 2 N–H and O–H groups in total. The number of aromatic nitrogens is 3. The molecular weight excluding hydrogens is 529 g/mol. The number of fused-ring (bicyclic) bond motifs is 1. The van der Waals surface area contributed by atoms with Crippen molar-refractivity contribution < 1.29 is 18.0 Å². The summed E-state index contributed by atoms with van der Waals surface area (Å²) in [4.78, 5) is 17.3. The molecule has 0 radical (unpaired) electrons. The van der Waals surface area contributed by atoms with Crippen molar-refractivity contribution in [2.45, 2.75) is 70.3 Å². The molecule has 3 aromatic rings. The number of hydrogen-bond donors (Lipinski definition) is 1. The first-order valence-corrected chi connectivity index (χ1v) is 14.5. The Kier molecular flexibility index (Phi) is 6.97. The number of piperidine rings is 1. The molecule has 218 valence electrons. The molecule has 10 heteroatoms. The lowest BCUT2D eigenvalue weighted by molar-refractivity contribution is -0.138. The van der Waals surface area contributed by atoms with E-state index in [1.165, 1.54) is 11.0 Å². The third kappa shape index (κ3) is 4.95. The standard InChI is InChI=1S/C31H37F3N6O/c1-4-20-8-23(35)16-39(14-20)15-21-9-25-26(27(10-21)31(32,33)34)17-40(28(25)41)24-7-5-6-22(11-24)30(12-19(2)13-30)29-37-36-18-38(29)3/h5-7,9-11,18-20,23H,4,8,12-17,35H2,1-3H3/t19?,20-,23+,30?/m1/s1. The first-order valence-electron chi connectivity index (χ1n) is 14.5. The molecule has 6 rings (SSSR count). The Hall–Kier alpha value is -3.24. The molecule has 0 spiro atoms. The summed E-state index contributed by atoms with van der Waals surface area (Å²) in [5, 5.41) is 8.49. The number of benzene rings is 2. The van der Waals surface area contributed by atoms with Crippen molar-refractivity contribution in [3.05, 3.63) is 76.4 Å². The maximum absolute atomic E-state index is 14.4. The van der Waals surface area contributed by atoms with Crippen molar-refractivity contribution in [3.63, 3.8) is 0 Å². The average molecular weight is 567 g/mol. The van der Waals surface area contributed by atoms with Crippen LogP contribution >= 0.6 is 0 Å². The molecule has 1 aromatic heterocycles. The summed E-state index contributed by atoms with van der Waals surface area (Å²) in [5.41, 5.74) is 7.44. The molecular formula is C31H37F3N6O. The van der Waals surface area contributed by atoms with Crippen LogP contribution in [-0.4, -0.2) is 44.7 Å². The number of anilines is 1. The van der Waals surface area contributed by atoms with E-state index in [2.05, 4.69) is 28.9 Å². The van der Waals surface area contributed by atoms with Gasteiger partial charge >= 0.3 is 6.18 Å². The number of halogens is 3. The van der Waals surface area contributed by atoms with Crippen molar-refractivity contribution >= 4 is 11.6 Å². The van der Waals surface area contributed by atoms with Crippen LogP contribution in [0.2, 0.25) is 0 Å². The van der Waals surface area contributed by atoms with Crippen molar-refractivity contribution in [2.75, 3.05) is 18.0 Å². The van der Waals surface area contributed by atoms with Crippen LogP contribution in [0.1, 0.15) is 78.0 Å². The summed E-state index contributed by atoms with van der Waals surface area (Å²) in [7, 11) is 1.92. The minimum Gasteiger partial charge on any atom is -0.327 e. The number of amides is 1. The molecule has 1 saturated heterocycles. The van der Waals surface area contributed by atoms with E-state index < -0.39 is 17.6 Å². The van der Waals surface area contributed by atoms with E-state index in [0.717, 1.165) is 43.6 Å². The number of carbonyl (C=O) groups excluding carboxylic acids is 1. The van der Waals surface area contributed by atoms with Crippen LogP contribution in [0.3, 0.4) is 0 Å². The fourth-order valence-corrected chi connectivity index (χ4v) is 7.42. The number of carbonyl (C=O) groups is 1. The molecule has 2 atom stereocenters. The van der Waals surface area contributed by atoms with Gasteiger partial charge in [-0.1, -0.05) is 32.4 Å². The Morgan fingerprint density at radius 3 is 2.59 bits per heavy atom. The van der Waals surface area contributed by atoms with Gasteiger partial charge in [-0.3, -0.25) is 9.69 Å². The van der Waals surface area contributed by atoms with Crippen molar-refractivity contribution in [3.8, 4) is 0 Å². The minimum absolute atomic E-state index is 0.00175. The lowest BCUT2D eigenvalue weighted by Crippen LogP contribution is -2.46. The number of alkyl halides is 3. The topological polar surface area (TPSA) is 80.3 Å². The predicted octanol–water partition coefficient (Wildman–Crippen LogP) is 5.27. The molecule has 3 heterocycles. The average Bonchev–Trinajstić information content (AvgIpc) is 3.48. The summed E-state index contributed by atoms with van der Waals surface area (Å²) < 4.78 is 45.0. The second-order valence-electron chi connectivity index (χ2n) is 12.4. The SMILES string of the molecule is CC[C@@H]1C[C@H](N)CN(Cc2cc3c(c(C(F)(F)F)c2)CN(c2cccc(C4(c5nncn5C)CC(C)C4)c2)C3=O)C1. The normalized spacial score (nSPS) is 26.8. The Labute approximate surface area is 238 Å². The molecule has 3 aliphatic rings. The van der Waals surface area contributed by atoms with Gasteiger partial charge in [0.05, 0.1) is 17.5 Å². The number of rotatable bonds is 6. The highest BCUT2D eigenvalue weighted by Crippen LogP contribution is 2.52. The van der Waals surface area contributed by atoms with Gasteiger partial charge < -0.3 is 15.2 Å². The highest BCUT2D eigenvalue weighted by atomic mass is 19.4. The summed E-state index contributed by atoms with van der Waals surface area (Å²) in [6.45, 7) is 5.94. The van der Waals surface area contributed by atoms with E-state index in [9.17, 15) is 18.0 Å². The molecule has 1 saturated carbocycles. The first-order chi connectivity index (χ1) is 19.5. The Morgan fingerprint density at radius 1 is 1.15 bits per heavy atom. The molecule has 7 nitrogen and oxygen atoms in total. The predicted molar refractivity (Wildman–Crippen MR) is 150 cm³/mol. The van der Waals surface area contributed by atoms with Crippen LogP contribution in [-0.2, 0) is 31.7 Å². The van der Waals surface area contributed by atoms with Crippen LogP contribution in [0, 0.1) is 11.8 Å². The molecule has 41 heavy (non-hydrogen) atoms. The molecule has 0 unspecified atom stereocenters. The Morgan fingerprint density at radius 2 is 1.93 bits per heavy atom. The monoisotopic (exact) mass is 566 g/mol. The van der Waals surface area contributed by atoms with E-state index in [4.69, 9.17) is 5.73 Å². The Balaban J connectivity index is 1.33. The summed E-state index contributed by atoms with van der Waals surface area (Å²) in [6.07, 6.45) is 0.788.